The summed E-state index contributed by atoms with van der Waals surface area (Å²) < 4.78 is 0. The van der Waals surface area contributed by atoms with Crippen LogP contribution in [0.1, 0.15) is 24.0 Å². The molecule has 0 saturated carbocycles. The van der Waals surface area contributed by atoms with E-state index in [4.69, 9.17) is 0 Å². The quantitative estimate of drug-likeness (QED) is 0.421. The van der Waals surface area contributed by atoms with Crippen molar-refractivity contribution < 1.29 is 0 Å². The summed E-state index contributed by atoms with van der Waals surface area (Å²) in [6.07, 6.45) is 12.1. The average Bonchev–Trinajstić information content (AvgIpc) is 2.87. The van der Waals surface area contributed by atoms with E-state index in [1.165, 1.54) is 0 Å². The van der Waals surface area contributed by atoms with Gasteiger partial charge in [-0.05, 0) is 22.3 Å². The number of hydrogen-bond donors (Lipinski definition) is 0. The Balaban J connectivity index is 1.42. The van der Waals surface area contributed by atoms with Gasteiger partial charge < -0.3 is 9.80 Å². The minimum atomic E-state index is 0.523. The lowest BCUT2D eigenvalue weighted by atomic mass is 10.1. The Morgan fingerprint density at radius 2 is 1.06 bits per heavy atom. The van der Waals surface area contributed by atoms with Crippen LogP contribution >= 0.6 is 0 Å². The largest absolute Gasteiger partial charge is 0.349 e. The molecule has 0 bridgehead atoms. The van der Waals surface area contributed by atoms with Crippen LogP contribution < -0.4 is 0 Å². The number of nitrogens with zero attached hydrogens (tertiary/aromatic N) is 6. The van der Waals surface area contributed by atoms with Gasteiger partial charge in [-0.15, -0.1) is 0 Å². The number of hydrogen-bond acceptors (Lipinski definition) is 6. The molecule has 0 saturated heterocycles. The standard InChI is InChI=1S/C28H24N6/c29-13-25-11-27(21-33(19-25)17-23-7-3-1-4-8-23)15-31-32-16-28-12-26(14-30)20-34(22-28)18-24-9-5-2-6-10-24/h1-10,15-16,19-22H,11-12,17-18H2. The highest BCUT2D eigenvalue weighted by atomic mass is 15.2. The summed E-state index contributed by atoms with van der Waals surface area (Å²) in [6.45, 7) is 1.36. The first-order valence-corrected chi connectivity index (χ1v) is 11.0. The second-order valence-electron chi connectivity index (χ2n) is 8.10. The monoisotopic (exact) mass is 444 g/mol. The molecule has 2 heterocycles. The minimum Gasteiger partial charge on any atom is -0.349 e. The van der Waals surface area contributed by atoms with Crippen LogP contribution in [0.15, 0.2) is 118 Å². The predicted molar refractivity (Wildman–Crippen MR) is 134 cm³/mol. The highest BCUT2D eigenvalue weighted by Gasteiger charge is 2.12. The van der Waals surface area contributed by atoms with Gasteiger partial charge in [0.25, 0.3) is 0 Å². The number of rotatable bonds is 7. The van der Waals surface area contributed by atoms with Crippen LogP contribution in [0, 0.1) is 22.7 Å². The fourth-order valence-corrected chi connectivity index (χ4v) is 3.80. The van der Waals surface area contributed by atoms with Crippen LogP contribution in [0.2, 0.25) is 0 Å². The first-order chi connectivity index (χ1) is 16.7. The van der Waals surface area contributed by atoms with Gasteiger partial charge in [0.2, 0.25) is 0 Å². The Kier molecular flexibility index (Phi) is 7.46. The highest BCUT2D eigenvalue weighted by molar-refractivity contribution is 5.83. The van der Waals surface area contributed by atoms with E-state index in [0.29, 0.717) is 37.1 Å². The van der Waals surface area contributed by atoms with Crippen molar-refractivity contribution >= 4 is 12.4 Å². The van der Waals surface area contributed by atoms with Crippen molar-refractivity contribution in [3.05, 3.63) is 119 Å². The third-order valence-corrected chi connectivity index (χ3v) is 5.31. The molecule has 0 unspecified atom stereocenters. The molecular weight excluding hydrogens is 420 g/mol. The van der Waals surface area contributed by atoms with Crippen molar-refractivity contribution in [1.29, 1.82) is 10.5 Å². The van der Waals surface area contributed by atoms with E-state index in [9.17, 15) is 10.5 Å². The van der Waals surface area contributed by atoms with Crippen LogP contribution in [0.25, 0.3) is 0 Å². The van der Waals surface area contributed by atoms with Crippen LogP contribution in [-0.4, -0.2) is 22.2 Å². The maximum absolute atomic E-state index is 9.42. The molecule has 2 aromatic rings. The maximum atomic E-state index is 9.42. The van der Waals surface area contributed by atoms with Gasteiger partial charge in [0, 0.05) is 50.7 Å². The van der Waals surface area contributed by atoms with E-state index in [1.54, 1.807) is 12.4 Å². The Hall–Kier alpha value is -4.68. The molecule has 0 aromatic heterocycles. The lowest BCUT2D eigenvalue weighted by Gasteiger charge is -2.22. The lowest BCUT2D eigenvalue weighted by molar-refractivity contribution is 0.487. The molecule has 34 heavy (non-hydrogen) atoms. The number of benzene rings is 2. The summed E-state index contributed by atoms with van der Waals surface area (Å²) in [5.74, 6) is 0. The highest BCUT2D eigenvalue weighted by Crippen LogP contribution is 2.21. The topological polar surface area (TPSA) is 78.8 Å². The lowest BCUT2D eigenvalue weighted by Crippen LogP contribution is -2.15. The van der Waals surface area contributed by atoms with E-state index in [2.05, 4.69) is 46.6 Å². The summed E-state index contributed by atoms with van der Waals surface area (Å²) in [4.78, 5) is 4.00. The smallest absolute Gasteiger partial charge is 0.0966 e. The molecular formula is C28H24N6. The SMILES string of the molecule is N#CC1=CN(Cc2ccccc2)C=C(C=NN=CC2=CN(Cc3ccccc3)C=C(C#N)C2)C1. The molecule has 2 aliphatic rings. The molecule has 4 rings (SSSR count). The number of nitriles is 2. The van der Waals surface area contributed by atoms with Crippen LogP contribution in [-0.2, 0) is 13.1 Å². The second kappa shape index (κ2) is 11.3. The molecule has 2 aliphatic heterocycles. The molecule has 0 N–H and O–H groups in total. The third-order valence-electron chi connectivity index (χ3n) is 5.31. The zero-order valence-corrected chi connectivity index (χ0v) is 18.7. The number of allylic oxidation sites excluding steroid dienone is 4. The second-order valence-corrected chi connectivity index (χ2v) is 8.10. The van der Waals surface area contributed by atoms with Gasteiger partial charge >= 0.3 is 0 Å². The van der Waals surface area contributed by atoms with E-state index in [1.807, 2.05) is 71.0 Å². The average molecular weight is 445 g/mol. The Morgan fingerprint density at radius 3 is 1.44 bits per heavy atom. The minimum absolute atomic E-state index is 0.523. The summed E-state index contributed by atoms with van der Waals surface area (Å²) in [6, 6.07) is 24.7. The molecule has 0 aliphatic carbocycles. The summed E-state index contributed by atoms with van der Waals surface area (Å²) in [7, 11) is 0. The Bertz CT molecular complexity index is 1170. The molecule has 0 atom stereocenters. The maximum Gasteiger partial charge on any atom is 0.0966 e. The zero-order valence-electron chi connectivity index (χ0n) is 18.7. The van der Waals surface area contributed by atoms with E-state index in [0.717, 1.165) is 22.3 Å². The first-order valence-electron chi connectivity index (χ1n) is 11.0. The Labute approximate surface area is 200 Å². The van der Waals surface area contributed by atoms with Crippen molar-refractivity contribution in [1.82, 2.24) is 9.80 Å². The van der Waals surface area contributed by atoms with Crippen molar-refractivity contribution in [2.45, 2.75) is 25.9 Å². The van der Waals surface area contributed by atoms with Gasteiger partial charge in [-0.2, -0.15) is 20.7 Å². The van der Waals surface area contributed by atoms with Crippen molar-refractivity contribution in [2.24, 2.45) is 10.2 Å². The van der Waals surface area contributed by atoms with Gasteiger partial charge in [0.15, 0.2) is 0 Å². The van der Waals surface area contributed by atoms with Gasteiger partial charge in [-0.25, -0.2) is 0 Å². The van der Waals surface area contributed by atoms with E-state index in [-0.39, 0.29) is 0 Å². The fraction of sp³-hybridized carbons (Fsp3) is 0.143. The summed E-state index contributed by atoms with van der Waals surface area (Å²) in [5.41, 5.74) is 5.50. The molecule has 166 valence electrons. The first kappa shape index (κ1) is 22.5. The van der Waals surface area contributed by atoms with Gasteiger partial charge in [0.1, 0.15) is 0 Å². The molecule has 0 fully saturated rings. The van der Waals surface area contributed by atoms with Crippen LogP contribution in [0.5, 0.6) is 0 Å². The normalized spacial score (nSPS) is 15.9. The van der Waals surface area contributed by atoms with Crippen molar-refractivity contribution in [3.8, 4) is 12.1 Å². The molecule has 2 aromatic carbocycles. The third kappa shape index (κ3) is 6.41. The van der Waals surface area contributed by atoms with Crippen molar-refractivity contribution in [3.63, 3.8) is 0 Å². The van der Waals surface area contributed by atoms with Gasteiger partial charge in [0.05, 0.1) is 35.7 Å². The van der Waals surface area contributed by atoms with E-state index >= 15 is 0 Å². The van der Waals surface area contributed by atoms with Crippen LogP contribution in [0.4, 0.5) is 0 Å². The van der Waals surface area contributed by atoms with Crippen LogP contribution in [0.3, 0.4) is 0 Å². The van der Waals surface area contributed by atoms with Gasteiger partial charge in [-0.3, -0.25) is 0 Å². The van der Waals surface area contributed by atoms with Gasteiger partial charge in [-0.1, -0.05) is 60.7 Å². The Morgan fingerprint density at radius 1 is 0.647 bits per heavy atom. The fourth-order valence-electron chi connectivity index (χ4n) is 3.80. The molecule has 0 spiro atoms. The van der Waals surface area contributed by atoms with Crippen molar-refractivity contribution in [2.75, 3.05) is 0 Å². The zero-order chi connectivity index (χ0) is 23.6. The summed E-state index contributed by atoms with van der Waals surface area (Å²) >= 11 is 0. The summed E-state index contributed by atoms with van der Waals surface area (Å²) in [5, 5.41) is 27.3. The molecule has 0 radical (unpaired) electrons. The molecule has 0 amide bonds. The molecule has 6 nitrogen and oxygen atoms in total. The molecule has 6 heteroatoms. The predicted octanol–water partition coefficient (Wildman–Crippen LogP) is 5.44. The van der Waals surface area contributed by atoms with E-state index < -0.39 is 0 Å².